The zero-order valence-corrected chi connectivity index (χ0v) is 16.7. The molecule has 1 unspecified atom stereocenters. The number of hydrogen-bond donors (Lipinski definition) is 2. The molecular weight excluding hydrogens is 386 g/mol. The molecule has 30 heavy (non-hydrogen) atoms. The van der Waals surface area contributed by atoms with Gasteiger partial charge in [0.15, 0.2) is 0 Å². The van der Waals surface area contributed by atoms with Gasteiger partial charge in [-0.3, -0.25) is 4.79 Å². The second-order valence-electron chi connectivity index (χ2n) is 6.97. The molecule has 0 fully saturated rings. The summed E-state index contributed by atoms with van der Waals surface area (Å²) < 4.78 is 32.7. The largest absolute Gasteiger partial charge is 0.376 e. The van der Waals surface area contributed by atoms with Crippen molar-refractivity contribution in [2.24, 2.45) is 0 Å². The zero-order chi connectivity index (χ0) is 21.3. The quantitative estimate of drug-likeness (QED) is 0.479. The van der Waals surface area contributed by atoms with E-state index in [4.69, 9.17) is 4.74 Å². The second kappa shape index (κ2) is 10.5. The Bertz CT molecular complexity index is 980. The maximum absolute atomic E-state index is 13.7. The van der Waals surface area contributed by atoms with Crippen LogP contribution in [0.3, 0.4) is 0 Å². The highest BCUT2D eigenvalue weighted by molar-refractivity contribution is 5.96. The average molecular weight is 410 g/mol. The van der Waals surface area contributed by atoms with E-state index in [-0.39, 0.29) is 5.69 Å². The van der Waals surface area contributed by atoms with Gasteiger partial charge < -0.3 is 15.4 Å². The number of rotatable bonds is 9. The van der Waals surface area contributed by atoms with Gasteiger partial charge in [-0.25, -0.2) is 8.78 Å². The van der Waals surface area contributed by atoms with Crippen molar-refractivity contribution < 1.29 is 18.3 Å². The van der Waals surface area contributed by atoms with Crippen molar-refractivity contribution in [1.82, 2.24) is 0 Å². The number of carbonyl (C=O) groups is 1. The lowest BCUT2D eigenvalue weighted by Crippen LogP contribution is -2.32. The van der Waals surface area contributed by atoms with E-state index in [0.29, 0.717) is 13.2 Å². The fraction of sp³-hybridized carbons (Fsp3) is 0.208. The summed E-state index contributed by atoms with van der Waals surface area (Å²) in [6.45, 7) is 2.71. The van der Waals surface area contributed by atoms with Crippen molar-refractivity contribution in [1.29, 1.82) is 0 Å². The van der Waals surface area contributed by atoms with Crippen LogP contribution in [0.2, 0.25) is 0 Å². The van der Waals surface area contributed by atoms with Crippen molar-refractivity contribution in [3.05, 3.63) is 95.6 Å². The summed E-state index contributed by atoms with van der Waals surface area (Å²) in [5.74, 6) is -1.78. The van der Waals surface area contributed by atoms with Crippen molar-refractivity contribution in [3.63, 3.8) is 0 Å². The molecule has 3 aromatic carbocycles. The lowest BCUT2D eigenvalue weighted by Gasteiger charge is -2.16. The maximum atomic E-state index is 13.7. The molecular formula is C24H24F2N2O2. The van der Waals surface area contributed by atoms with Gasteiger partial charge in [0.05, 0.1) is 18.9 Å². The van der Waals surface area contributed by atoms with E-state index in [0.717, 1.165) is 35.9 Å². The Kier molecular flexibility index (Phi) is 7.51. The molecule has 1 amide bonds. The standard InChI is InChI=1S/C24H24F2N2O2/c1-17(24(29)28-23-15-20(25)10-11-22(23)26)27-21-9-5-8-19(14-21)16-30-13-12-18-6-3-2-4-7-18/h2-11,14-15,17,27H,12-13,16H2,1H3,(H,28,29). The molecule has 2 N–H and O–H groups in total. The molecule has 0 saturated carbocycles. The summed E-state index contributed by atoms with van der Waals surface area (Å²) in [7, 11) is 0. The molecule has 0 aliphatic heterocycles. The van der Waals surface area contributed by atoms with Gasteiger partial charge in [0.2, 0.25) is 5.91 Å². The van der Waals surface area contributed by atoms with E-state index in [1.165, 1.54) is 5.56 Å². The molecule has 3 rings (SSSR count). The molecule has 0 radical (unpaired) electrons. The van der Waals surface area contributed by atoms with Crippen LogP contribution in [-0.4, -0.2) is 18.6 Å². The van der Waals surface area contributed by atoms with Crippen LogP contribution in [0.4, 0.5) is 20.2 Å². The van der Waals surface area contributed by atoms with Crippen LogP contribution < -0.4 is 10.6 Å². The molecule has 1 atom stereocenters. The minimum atomic E-state index is -0.688. The summed E-state index contributed by atoms with van der Waals surface area (Å²) in [6, 6.07) is 19.9. The average Bonchev–Trinajstić information content (AvgIpc) is 2.75. The topological polar surface area (TPSA) is 50.4 Å². The highest BCUT2D eigenvalue weighted by Gasteiger charge is 2.15. The Balaban J connectivity index is 1.50. The molecule has 3 aromatic rings. The smallest absolute Gasteiger partial charge is 0.246 e. The number of halogens is 2. The predicted octanol–water partition coefficient (Wildman–Crippen LogP) is 5.16. The van der Waals surface area contributed by atoms with Crippen LogP contribution >= 0.6 is 0 Å². The molecule has 0 aliphatic carbocycles. The molecule has 6 heteroatoms. The van der Waals surface area contributed by atoms with Crippen molar-refractivity contribution in [2.75, 3.05) is 17.2 Å². The summed E-state index contributed by atoms with van der Waals surface area (Å²) in [5.41, 5.74) is 2.75. The summed E-state index contributed by atoms with van der Waals surface area (Å²) in [4.78, 5) is 12.3. The Morgan fingerprint density at radius 3 is 2.53 bits per heavy atom. The first-order valence-corrected chi connectivity index (χ1v) is 9.74. The Morgan fingerprint density at radius 1 is 0.967 bits per heavy atom. The molecule has 4 nitrogen and oxygen atoms in total. The predicted molar refractivity (Wildman–Crippen MR) is 114 cm³/mol. The summed E-state index contributed by atoms with van der Waals surface area (Å²) in [5, 5.41) is 5.47. The SMILES string of the molecule is CC(Nc1cccc(COCCc2ccccc2)c1)C(=O)Nc1cc(F)ccc1F. The van der Waals surface area contributed by atoms with E-state index in [1.54, 1.807) is 6.92 Å². The monoisotopic (exact) mass is 410 g/mol. The zero-order valence-electron chi connectivity index (χ0n) is 16.7. The normalized spacial score (nSPS) is 11.7. The Morgan fingerprint density at radius 2 is 1.73 bits per heavy atom. The Labute approximate surface area is 174 Å². The number of ether oxygens (including phenoxy) is 1. The molecule has 0 heterocycles. The first kappa shape index (κ1) is 21.5. The number of carbonyl (C=O) groups excluding carboxylic acids is 1. The van der Waals surface area contributed by atoms with E-state index >= 15 is 0 Å². The molecule has 0 spiro atoms. The molecule has 0 aliphatic rings. The maximum Gasteiger partial charge on any atom is 0.246 e. The number of hydrogen-bond acceptors (Lipinski definition) is 3. The molecule has 0 saturated heterocycles. The van der Waals surface area contributed by atoms with E-state index < -0.39 is 23.6 Å². The second-order valence-corrected chi connectivity index (χ2v) is 6.97. The van der Waals surface area contributed by atoms with Crippen LogP contribution in [-0.2, 0) is 22.6 Å². The van der Waals surface area contributed by atoms with Gasteiger partial charge in [-0.05, 0) is 48.7 Å². The minimum absolute atomic E-state index is 0.186. The van der Waals surface area contributed by atoms with Crippen LogP contribution in [0.1, 0.15) is 18.1 Å². The van der Waals surface area contributed by atoms with Gasteiger partial charge in [-0.15, -0.1) is 0 Å². The molecule has 0 aromatic heterocycles. The third-order valence-corrected chi connectivity index (χ3v) is 4.54. The van der Waals surface area contributed by atoms with Crippen molar-refractivity contribution in [3.8, 4) is 0 Å². The fourth-order valence-corrected chi connectivity index (χ4v) is 2.93. The first-order chi connectivity index (χ1) is 14.5. The molecule has 156 valence electrons. The third-order valence-electron chi connectivity index (χ3n) is 4.54. The van der Waals surface area contributed by atoms with Crippen LogP contribution in [0.5, 0.6) is 0 Å². The van der Waals surface area contributed by atoms with Crippen molar-refractivity contribution in [2.45, 2.75) is 26.0 Å². The van der Waals surface area contributed by atoms with E-state index in [9.17, 15) is 13.6 Å². The minimum Gasteiger partial charge on any atom is -0.376 e. The van der Waals surface area contributed by atoms with Gasteiger partial charge in [0, 0.05) is 11.8 Å². The highest BCUT2D eigenvalue weighted by atomic mass is 19.1. The number of benzene rings is 3. The summed E-state index contributed by atoms with van der Waals surface area (Å²) >= 11 is 0. The van der Waals surface area contributed by atoms with Crippen LogP contribution in [0, 0.1) is 11.6 Å². The van der Waals surface area contributed by atoms with Gasteiger partial charge in [0.1, 0.15) is 17.7 Å². The van der Waals surface area contributed by atoms with Crippen LogP contribution in [0.15, 0.2) is 72.8 Å². The van der Waals surface area contributed by atoms with Gasteiger partial charge in [0.25, 0.3) is 0 Å². The van der Waals surface area contributed by atoms with Crippen molar-refractivity contribution >= 4 is 17.3 Å². The third kappa shape index (κ3) is 6.39. The van der Waals surface area contributed by atoms with Gasteiger partial charge in [-0.1, -0.05) is 42.5 Å². The van der Waals surface area contributed by atoms with E-state index in [2.05, 4.69) is 22.8 Å². The lowest BCUT2D eigenvalue weighted by molar-refractivity contribution is -0.116. The van der Waals surface area contributed by atoms with Gasteiger partial charge >= 0.3 is 0 Å². The first-order valence-electron chi connectivity index (χ1n) is 9.74. The van der Waals surface area contributed by atoms with E-state index in [1.807, 2.05) is 42.5 Å². The fourth-order valence-electron chi connectivity index (χ4n) is 2.93. The lowest BCUT2D eigenvalue weighted by atomic mass is 10.1. The molecule has 0 bridgehead atoms. The highest BCUT2D eigenvalue weighted by Crippen LogP contribution is 2.17. The summed E-state index contributed by atoms with van der Waals surface area (Å²) in [6.07, 6.45) is 0.840. The number of anilines is 2. The number of nitrogens with one attached hydrogen (secondary N) is 2. The van der Waals surface area contributed by atoms with Gasteiger partial charge in [-0.2, -0.15) is 0 Å². The number of amides is 1. The van der Waals surface area contributed by atoms with Crippen LogP contribution in [0.25, 0.3) is 0 Å². The Hall–Kier alpha value is -3.25.